The maximum atomic E-state index is 13.0. The summed E-state index contributed by atoms with van der Waals surface area (Å²) < 4.78 is 3.01. The molecule has 0 saturated carbocycles. The number of aromatic nitrogens is 2. The third-order valence-corrected chi connectivity index (χ3v) is 5.86. The van der Waals surface area contributed by atoms with Gasteiger partial charge in [0.2, 0.25) is 0 Å². The van der Waals surface area contributed by atoms with E-state index < -0.39 is 0 Å². The molecule has 1 amide bonds. The van der Waals surface area contributed by atoms with Crippen LogP contribution in [0.4, 0.5) is 0 Å². The van der Waals surface area contributed by atoms with E-state index in [4.69, 9.17) is 0 Å². The van der Waals surface area contributed by atoms with Gasteiger partial charge in [-0.15, -0.1) is 0 Å². The van der Waals surface area contributed by atoms with Crippen molar-refractivity contribution >= 4 is 21.8 Å². The highest BCUT2D eigenvalue weighted by molar-refractivity contribution is 9.10. The van der Waals surface area contributed by atoms with E-state index in [1.165, 1.54) is 5.56 Å². The van der Waals surface area contributed by atoms with Gasteiger partial charge in [0.1, 0.15) is 0 Å². The molecule has 2 aromatic carbocycles. The molecule has 1 fully saturated rings. The number of piperazine rings is 1. The topological polar surface area (TPSA) is 41.4 Å². The molecule has 1 aromatic heterocycles. The minimum Gasteiger partial charge on any atom is -0.336 e. The number of hydrogen-bond donors (Lipinski definition) is 0. The molecule has 3 aromatic rings. The summed E-state index contributed by atoms with van der Waals surface area (Å²) in [5.41, 5.74) is 3.12. The van der Waals surface area contributed by atoms with Crippen LogP contribution in [0, 0.1) is 0 Å². The molecular weight excluding hydrogens is 416 g/mol. The summed E-state index contributed by atoms with van der Waals surface area (Å²) in [7, 11) is 0. The number of carbonyl (C=O) groups is 1. The van der Waals surface area contributed by atoms with Crippen molar-refractivity contribution in [3.05, 3.63) is 88.2 Å². The van der Waals surface area contributed by atoms with Crippen LogP contribution in [0.25, 0.3) is 0 Å². The summed E-state index contributed by atoms with van der Waals surface area (Å²) in [5.74, 6) is 0.114. The van der Waals surface area contributed by atoms with Gasteiger partial charge >= 0.3 is 0 Å². The maximum Gasteiger partial charge on any atom is 0.253 e. The number of hydrogen-bond acceptors (Lipinski definition) is 3. The van der Waals surface area contributed by atoms with Crippen LogP contribution in [0.15, 0.2) is 71.5 Å². The van der Waals surface area contributed by atoms with Gasteiger partial charge < -0.3 is 4.90 Å². The molecule has 0 spiro atoms. The van der Waals surface area contributed by atoms with Crippen LogP contribution < -0.4 is 0 Å². The monoisotopic (exact) mass is 438 g/mol. The molecule has 6 heteroatoms. The van der Waals surface area contributed by atoms with Crippen LogP contribution in [0.1, 0.15) is 21.5 Å². The van der Waals surface area contributed by atoms with Crippen molar-refractivity contribution in [2.24, 2.45) is 0 Å². The van der Waals surface area contributed by atoms with E-state index in [9.17, 15) is 4.79 Å². The van der Waals surface area contributed by atoms with Gasteiger partial charge in [0.05, 0.1) is 6.54 Å². The van der Waals surface area contributed by atoms with Crippen molar-refractivity contribution in [3.63, 3.8) is 0 Å². The smallest absolute Gasteiger partial charge is 0.253 e. The number of rotatable bonds is 5. The standard InChI is InChI=1S/C22H23BrN4O/c23-21-8-2-1-6-20(21)17-25-11-13-26(14-12-25)22(28)19-7-3-5-18(15-19)16-27-10-4-9-24-27/h1-10,15H,11-14,16-17H2. The van der Waals surface area contributed by atoms with Crippen molar-refractivity contribution in [1.29, 1.82) is 0 Å². The Hall–Kier alpha value is -2.44. The third-order valence-electron chi connectivity index (χ3n) is 5.09. The molecule has 0 unspecified atom stereocenters. The second-order valence-corrected chi connectivity index (χ2v) is 7.92. The zero-order chi connectivity index (χ0) is 19.3. The van der Waals surface area contributed by atoms with Gasteiger partial charge in [-0.1, -0.05) is 46.3 Å². The molecule has 1 aliphatic heterocycles. The molecule has 0 aliphatic carbocycles. The lowest BCUT2D eigenvalue weighted by atomic mass is 10.1. The first-order valence-electron chi connectivity index (χ1n) is 9.50. The number of carbonyl (C=O) groups excluding carboxylic acids is 1. The Morgan fingerprint density at radius 2 is 1.79 bits per heavy atom. The molecular formula is C22H23BrN4O. The summed E-state index contributed by atoms with van der Waals surface area (Å²) in [4.78, 5) is 17.3. The molecule has 1 saturated heterocycles. The first kappa shape index (κ1) is 18.9. The molecule has 1 aliphatic rings. The fraction of sp³-hybridized carbons (Fsp3) is 0.273. The molecule has 5 nitrogen and oxygen atoms in total. The molecule has 4 rings (SSSR count). The number of nitrogens with zero attached hydrogens (tertiary/aromatic N) is 4. The van der Waals surface area contributed by atoms with Crippen LogP contribution >= 0.6 is 15.9 Å². The van der Waals surface area contributed by atoms with Crippen molar-refractivity contribution in [2.45, 2.75) is 13.1 Å². The fourth-order valence-electron chi connectivity index (χ4n) is 3.54. The Balaban J connectivity index is 1.35. The zero-order valence-electron chi connectivity index (χ0n) is 15.7. The number of benzene rings is 2. The lowest BCUT2D eigenvalue weighted by molar-refractivity contribution is 0.0628. The minimum absolute atomic E-state index is 0.114. The molecule has 28 heavy (non-hydrogen) atoms. The summed E-state index contributed by atoms with van der Waals surface area (Å²) in [6, 6.07) is 18.1. The van der Waals surface area contributed by atoms with E-state index in [-0.39, 0.29) is 5.91 Å². The van der Waals surface area contributed by atoms with Gasteiger partial charge in [-0.3, -0.25) is 14.4 Å². The summed E-state index contributed by atoms with van der Waals surface area (Å²) in [6.07, 6.45) is 3.70. The summed E-state index contributed by atoms with van der Waals surface area (Å²) in [5, 5.41) is 4.24. The van der Waals surface area contributed by atoms with E-state index in [0.717, 1.165) is 48.3 Å². The molecule has 0 radical (unpaired) electrons. The van der Waals surface area contributed by atoms with Crippen molar-refractivity contribution < 1.29 is 4.79 Å². The maximum absolute atomic E-state index is 13.0. The molecule has 2 heterocycles. The zero-order valence-corrected chi connectivity index (χ0v) is 17.3. The lowest BCUT2D eigenvalue weighted by Crippen LogP contribution is -2.48. The van der Waals surface area contributed by atoms with E-state index in [2.05, 4.69) is 44.1 Å². The van der Waals surface area contributed by atoms with Crippen LogP contribution in [-0.4, -0.2) is 51.7 Å². The second-order valence-electron chi connectivity index (χ2n) is 7.06. The van der Waals surface area contributed by atoms with Crippen LogP contribution in [-0.2, 0) is 13.1 Å². The number of amides is 1. The number of halogens is 1. The van der Waals surface area contributed by atoms with E-state index in [0.29, 0.717) is 6.54 Å². The van der Waals surface area contributed by atoms with E-state index >= 15 is 0 Å². The minimum atomic E-state index is 0.114. The highest BCUT2D eigenvalue weighted by Gasteiger charge is 2.22. The largest absolute Gasteiger partial charge is 0.336 e. The SMILES string of the molecule is O=C(c1cccc(Cn2cccn2)c1)N1CCN(Cc2ccccc2Br)CC1. The first-order chi connectivity index (χ1) is 13.7. The van der Waals surface area contributed by atoms with Gasteiger partial charge in [-0.2, -0.15) is 5.10 Å². The average molecular weight is 439 g/mol. The van der Waals surface area contributed by atoms with Gasteiger partial charge in [-0.25, -0.2) is 0 Å². The van der Waals surface area contributed by atoms with Gasteiger partial charge in [0.25, 0.3) is 5.91 Å². The van der Waals surface area contributed by atoms with Crippen LogP contribution in [0.3, 0.4) is 0 Å². The Bertz CT molecular complexity index is 933. The lowest BCUT2D eigenvalue weighted by Gasteiger charge is -2.35. The third kappa shape index (κ3) is 4.51. The predicted molar refractivity (Wildman–Crippen MR) is 113 cm³/mol. The van der Waals surface area contributed by atoms with Gasteiger partial charge in [0, 0.05) is 55.2 Å². The quantitative estimate of drug-likeness (QED) is 0.610. The summed E-state index contributed by atoms with van der Waals surface area (Å²) >= 11 is 3.62. The van der Waals surface area contributed by atoms with Crippen LogP contribution in [0.2, 0.25) is 0 Å². The van der Waals surface area contributed by atoms with Crippen molar-refractivity contribution in [1.82, 2.24) is 19.6 Å². The van der Waals surface area contributed by atoms with Gasteiger partial charge in [0.15, 0.2) is 0 Å². The first-order valence-corrected chi connectivity index (χ1v) is 10.3. The summed E-state index contributed by atoms with van der Waals surface area (Å²) in [6.45, 7) is 4.87. The van der Waals surface area contributed by atoms with Crippen molar-refractivity contribution in [2.75, 3.05) is 26.2 Å². The van der Waals surface area contributed by atoms with Gasteiger partial charge in [-0.05, 0) is 35.4 Å². The Morgan fingerprint density at radius 1 is 0.964 bits per heavy atom. The second kappa shape index (κ2) is 8.71. The molecule has 0 N–H and O–H groups in total. The van der Waals surface area contributed by atoms with E-state index in [1.54, 1.807) is 6.20 Å². The van der Waals surface area contributed by atoms with Crippen molar-refractivity contribution in [3.8, 4) is 0 Å². The molecule has 0 atom stereocenters. The Kier molecular flexibility index (Phi) is 5.88. The highest BCUT2D eigenvalue weighted by Crippen LogP contribution is 2.19. The van der Waals surface area contributed by atoms with E-state index in [1.807, 2.05) is 52.2 Å². The highest BCUT2D eigenvalue weighted by atomic mass is 79.9. The fourth-order valence-corrected chi connectivity index (χ4v) is 3.95. The Labute approximate surface area is 173 Å². The molecule has 144 valence electrons. The molecule has 0 bridgehead atoms. The predicted octanol–water partition coefficient (Wildman–Crippen LogP) is 3.65. The average Bonchev–Trinajstić information content (AvgIpc) is 3.23. The Morgan fingerprint density at radius 3 is 2.54 bits per heavy atom. The normalized spacial score (nSPS) is 15.0. The van der Waals surface area contributed by atoms with Crippen LogP contribution in [0.5, 0.6) is 0 Å².